The number of rotatable bonds is 5. The van der Waals surface area contributed by atoms with Crippen LogP contribution in [0.1, 0.15) is 55.8 Å². The number of hydrogen-bond acceptors (Lipinski definition) is 2. The van der Waals surface area contributed by atoms with Crippen LogP contribution < -0.4 is 29.6 Å². The van der Waals surface area contributed by atoms with E-state index in [2.05, 4.69) is 13.8 Å². The molecule has 13 heavy (non-hydrogen) atoms. The van der Waals surface area contributed by atoms with Crippen molar-refractivity contribution in [3.8, 4) is 0 Å². The zero-order valence-electron chi connectivity index (χ0n) is 11.2. The Balaban J connectivity index is -0.000000605. The standard InChI is InChI=1S/C10H22O2.Na.H/c1-7-9(3,4)11-12-10(5,6)8-2;;/h7-8H2,1-6H3;;/q;+1;-1. The monoisotopic (exact) mass is 198 g/mol. The van der Waals surface area contributed by atoms with Crippen LogP contribution in [0.15, 0.2) is 0 Å². The van der Waals surface area contributed by atoms with Crippen molar-refractivity contribution < 1.29 is 40.8 Å². The first-order valence-corrected chi connectivity index (χ1v) is 4.70. The van der Waals surface area contributed by atoms with Crippen LogP contribution in [0.25, 0.3) is 0 Å². The van der Waals surface area contributed by atoms with Gasteiger partial charge in [0.1, 0.15) is 0 Å². The quantitative estimate of drug-likeness (QED) is 0.362. The van der Waals surface area contributed by atoms with Crippen molar-refractivity contribution in [1.29, 1.82) is 0 Å². The summed E-state index contributed by atoms with van der Waals surface area (Å²) in [6.45, 7) is 12.3. The zero-order valence-corrected chi connectivity index (χ0v) is 12.2. The van der Waals surface area contributed by atoms with Crippen molar-refractivity contribution in [2.45, 2.75) is 65.6 Å². The van der Waals surface area contributed by atoms with Gasteiger partial charge in [0, 0.05) is 0 Å². The Kier molecular flexibility index (Phi) is 8.07. The van der Waals surface area contributed by atoms with Gasteiger partial charge in [-0.3, -0.25) is 0 Å². The molecular weight excluding hydrogens is 175 g/mol. The molecule has 0 N–H and O–H groups in total. The van der Waals surface area contributed by atoms with E-state index < -0.39 is 0 Å². The summed E-state index contributed by atoms with van der Waals surface area (Å²) >= 11 is 0. The van der Waals surface area contributed by atoms with E-state index >= 15 is 0 Å². The number of hydrogen-bond donors (Lipinski definition) is 0. The van der Waals surface area contributed by atoms with Crippen molar-refractivity contribution in [2.75, 3.05) is 0 Å². The van der Waals surface area contributed by atoms with E-state index in [0.29, 0.717) is 0 Å². The fourth-order valence-corrected chi connectivity index (χ4v) is 0.343. The van der Waals surface area contributed by atoms with Gasteiger partial charge in [0.25, 0.3) is 0 Å². The summed E-state index contributed by atoms with van der Waals surface area (Å²) in [6.07, 6.45) is 1.90. The normalized spacial score (nSPS) is 12.5. The minimum absolute atomic E-state index is 0. The molecule has 0 unspecified atom stereocenters. The minimum atomic E-state index is -0.174. The Hall–Kier alpha value is 0.920. The third kappa shape index (κ3) is 7.95. The molecule has 0 spiro atoms. The molecule has 0 atom stereocenters. The third-order valence-electron chi connectivity index (χ3n) is 2.20. The zero-order chi connectivity index (χ0) is 9.83. The molecule has 0 aliphatic heterocycles. The third-order valence-corrected chi connectivity index (χ3v) is 2.20. The Labute approximate surface area is 106 Å². The smallest absolute Gasteiger partial charge is 1.00 e. The minimum Gasteiger partial charge on any atom is -1.00 e. The Bertz CT molecular complexity index is 122. The van der Waals surface area contributed by atoms with Crippen molar-refractivity contribution in [1.82, 2.24) is 0 Å². The molecule has 0 aliphatic carbocycles. The van der Waals surface area contributed by atoms with Crippen LogP contribution in [0.5, 0.6) is 0 Å². The van der Waals surface area contributed by atoms with Crippen molar-refractivity contribution in [3.05, 3.63) is 0 Å². The summed E-state index contributed by atoms with van der Waals surface area (Å²) in [5.41, 5.74) is -0.348. The van der Waals surface area contributed by atoms with Gasteiger partial charge in [0.05, 0.1) is 11.2 Å². The molecule has 76 valence electrons. The maximum atomic E-state index is 5.33. The molecule has 0 aromatic carbocycles. The molecule has 2 nitrogen and oxygen atoms in total. The molecule has 3 heteroatoms. The largest absolute Gasteiger partial charge is 1.00 e. The SMILES string of the molecule is CCC(C)(C)OOC(C)(C)CC.[H-].[Na+]. The first-order chi connectivity index (χ1) is 5.33. The van der Waals surface area contributed by atoms with Crippen molar-refractivity contribution in [3.63, 3.8) is 0 Å². The second-order valence-corrected chi connectivity index (χ2v) is 4.39. The molecule has 0 fully saturated rings. The first-order valence-electron chi connectivity index (χ1n) is 4.70. The van der Waals surface area contributed by atoms with Gasteiger partial charge in [-0.25, -0.2) is 9.78 Å². The Morgan fingerprint density at radius 1 is 0.846 bits per heavy atom. The van der Waals surface area contributed by atoms with Crippen molar-refractivity contribution in [2.24, 2.45) is 0 Å². The summed E-state index contributed by atoms with van der Waals surface area (Å²) in [5.74, 6) is 0. The van der Waals surface area contributed by atoms with Crippen LogP contribution >= 0.6 is 0 Å². The molecule has 0 aromatic rings. The maximum absolute atomic E-state index is 5.33. The fourth-order valence-electron chi connectivity index (χ4n) is 0.343. The molecule has 0 aromatic heterocycles. The molecule has 0 radical (unpaired) electrons. The predicted molar refractivity (Wildman–Crippen MR) is 52.0 cm³/mol. The predicted octanol–water partition coefficient (Wildman–Crippen LogP) is 0.428. The van der Waals surface area contributed by atoms with Gasteiger partial charge in [-0.05, 0) is 40.5 Å². The summed E-state index contributed by atoms with van der Waals surface area (Å²) in [7, 11) is 0. The molecule has 0 heterocycles. The van der Waals surface area contributed by atoms with E-state index in [-0.39, 0.29) is 42.2 Å². The van der Waals surface area contributed by atoms with Crippen LogP contribution in [-0.4, -0.2) is 11.2 Å². The van der Waals surface area contributed by atoms with Crippen LogP contribution in [-0.2, 0) is 9.78 Å². The van der Waals surface area contributed by atoms with E-state index in [1.165, 1.54) is 0 Å². The second kappa shape index (κ2) is 6.41. The molecule has 0 rings (SSSR count). The maximum Gasteiger partial charge on any atom is 1.00 e. The summed E-state index contributed by atoms with van der Waals surface area (Å²) in [4.78, 5) is 10.7. The fraction of sp³-hybridized carbons (Fsp3) is 1.00. The van der Waals surface area contributed by atoms with Gasteiger partial charge in [-0.15, -0.1) is 0 Å². The molecule has 0 saturated carbocycles. The van der Waals surface area contributed by atoms with Gasteiger partial charge in [-0.2, -0.15) is 0 Å². The van der Waals surface area contributed by atoms with Gasteiger partial charge in [0.2, 0.25) is 0 Å². The van der Waals surface area contributed by atoms with Gasteiger partial charge in [-0.1, -0.05) is 13.8 Å². The summed E-state index contributed by atoms with van der Waals surface area (Å²) < 4.78 is 0. The van der Waals surface area contributed by atoms with E-state index in [1.54, 1.807) is 0 Å². The van der Waals surface area contributed by atoms with E-state index in [0.717, 1.165) is 12.8 Å². The van der Waals surface area contributed by atoms with E-state index in [1.807, 2.05) is 27.7 Å². The molecular formula is C10H23NaO2. The van der Waals surface area contributed by atoms with E-state index in [9.17, 15) is 0 Å². The van der Waals surface area contributed by atoms with Gasteiger partial charge in [0.15, 0.2) is 0 Å². The van der Waals surface area contributed by atoms with Crippen LogP contribution in [0, 0.1) is 0 Å². The average Bonchev–Trinajstić information content (AvgIpc) is 2.02. The van der Waals surface area contributed by atoms with Crippen molar-refractivity contribution >= 4 is 0 Å². The topological polar surface area (TPSA) is 18.5 Å². The Morgan fingerprint density at radius 2 is 1.08 bits per heavy atom. The summed E-state index contributed by atoms with van der Waals surface area (Å²) in [5, 5.41) is 0. The molecule has 0 aliphatic rings. The van der Waals surface area contributed by atoms with Gasteiger partial charge < -0.3 is 1.43 Å². The van der Waals surface area contributed by atoms with E-state index in [4.69, 9.17) is 9.78 Å². The molecule has 0 saturated heterocycles. The van der Waals surface area contributed by atoms with Crippen LogP contribution in [0.2, 0.25) is 0 Å². The second-order valence-electron chi connectivity index (χ2n) is 4.39. The first kappa shape index (κ1) is 16.4. The summed E-state index contributed by atoms with van der Waals surface area (Å²) in [6, 6.07) is 0. The van der Waals surface area contributed by atoms with Gasteiger partial charge >= 0.3 is 29.6 Å². The Morgan fingerprint density at radius 3 is 1.23 bits per heavy atom. The van der Waals surface area contributed by atoms with Crippen LogP contribution in [0.3, 0.4) is 0 Å². The van der Waals surface area contributed by atoms with Crippen LogP contribution in [0.4, 0.5) is 0 Å². The molecule has 0 bridgehead atoms. The molecule has 0 amide bonds. The average molecular weight is 198 g/mol.